The molecule has 11 nitrogen and oxygen atoms in total. The largest absolute Gasteiger partial charge is 0.457 e. The highest BCUT2D eigenvalue weighted by atomic mass is 16.6. The van der Waals surface area contributed by atoms with Crippen LogP contribution in [0, 0.1) is 11.8 Å². The van der Waals surface area contributed by atoms with Gasteiger partial charge in [-0.15, -0.1) is 0 Å². The molecule has 11 heteroatoms. The Morgan fingerprint density at radius 2 is 2.00 bits per heavy atom. The number of carbonyl (C=O) groups excluding carboxylic acids is 2. The second-order valence-electron chi connectivity index (χ2n) is 13.4. The van der Waals surface area contributed by atoms with Crippen LogP contribution in [-0.4, -0.2) is 113 Å². The number of methoxy groups -OCH3 is 1. The van der Waals surface area contributed by atoms with E-state index in [2.05, 4.69) is 5.32 Å². The number of hydrogen-bond acceptors (Lipinski definition) is 10. The Morgan fingerprint density at radius 1 is 1.31 bits per heavy atom. The molecule has 0 aromatic heterocycles. The SMILES string of the molecule is CCC(O)C(C)C1OC1CC(C)(O)/C=C/C=C(\C)C1OC(=O)CC(O)CCC(C)(OC)C(OC(=O)N2CCNCC2)/C=C\C1C. The summed E-state index contributed by atoms with van der Waals surface area (Å²) in [5.41, 5.74) is -1.34. The van der Waals surface area contributed by atoms with E-state index < -0.39 is 47.7 Å². The fourth-order valence-corrected chi connectivity index (χ4v) is 6.04. The lowest BCUT2D eigenvalue weighted by Crippen LogP contribution is -2.50. The first-order valence-electron chi connectivity index (χ1n) is 16.4. The molecule has 2 fully saturated rings. The Labute approximate surface area is 268 Å². The number of cyclic esters (lactones) is 1. The van der Waals surface area contributed by atoms with Crippen LogP contribution in [0.4, 0.5) is 4.79 Å². The van der Waals surface area contributed by atoms with Crippen LogP contribution in [0.3, 0.4) is 0 Å². The maximum atomic E-state index is 13.1. The molecule has 1 amide bonds. The van der Waals surface area contributed by atoms with Gasteiger partial charge in [-0.05, 0) is 51.7 Å². The van der Waals surface area contributed by atoms with Gasteiger partial charge in [-0.25, -0.2) is 4.79 Å². The molecule has 0 bridgehead atoms. The van der Waals surface area contributed by atoms with Crippen LogP contribution in [-0.2, 0) is 23.7 Å². The van der Waals surface area contributed by atoms with Gasteiger partial charge in [-0.1, -0.05) is 45.1 Å². The summed E-state index contributed by atoms with van der Waals surface area (Å²) in [5.74, 6) is -0.833. The number of allylic oxidation sites excluding steroid dienone is 2. The first-order chi connectivity index (χ1) is 21.2. The van der Waals surface area contributed by atoms with Gasteiger partial charge in [0.15, 0.2) is 6.10 Å². The maximum absolute atomic E-state index is 13.1. The molecular weight excluding hydrogens is 580 g/mol. The van der Waals surface area contributed by atoms with E-state index in [1.165, 1.54) is 0 Å². The van der Waals surface area contributed by atoms with Gasteiger partial charge in [0.25, 0.3) is 0 Å². The zero-order chi connectivity index (χ0) is 33.4. The summed E-state index contributed by atoms with van der Waals surface area (Å²) in [4.78, 5) is 27.6. The Balaban J connectivity index is 1.77. The molecule has 0 aromatic carbocycles. The maximum Gasteiger partial charge on any atom is 0.410 e. The second-order valence-corrected chi connectivity index (χ2v) is 13.4. The molecule has 10 atom stereocenters. The van der Waals surface area contributed by atoms with E-state index in [0.717, 1.165) is 5.57 Å². The molecule has 3 aliphatic heterocycles. The molecular formula is C34H56N2O9. The van der Waals surface area contributed by atoms with Crippen molar-refractivity contribution in [2.45, 2.75) is 121 Å². The smallest absolute Gasteiger partial charge is 0.410 e. The molecule has 2 saturated heterocycles. The molecule has 3 heterocycles. The summed E-state index contributed by atoms with van der Waals surface area (Å²) in [6.45, 7) is 13.7. The molecule has 256 valence electrons. The van der Waals surface area contributed by atoms with Crippen LogP contribution in [0.2, 0.25) is 0 Å². The van der Waals surface area contributed by atoms with Crippen molar-refractivity contribution in [2.24, 2.45) is 11.8 Å². The number of nitrogens with one attached hydrogen (secondary N) is 1. The van der Waals surface area contributed by atoms with E-state index >= 15 is 0 Å². The number of hydrogen-bond donors (Lipinski definition) is 4. The zero-order valence-corrected chi connectivity index (χ0v) is 28.1. The molecule has 0 radical (unpaired) electrons. The number of rotatable bonds is 10. The Bertz CT molecular complexity index is 1070. The summed E-state index contributed by atoms with van der Waals surface area (Å²) in [6, 6.07) is 0. The molecule has 3 rings (SSSR count). The monoisotopic (exact) mass is 636 g/mol. The topological polar surface area (TPSA) is 150 Å². The number of aliphatic hydroxyl groups is 3. The number of amides is 1. The van der Waals surface area contributed by atoms with Gasteiger partial charge in [-0.3, -0.25) is 4.79 Å². The molecule has 3 aliphatic rings. The van der Waals surface area contributed by atoms with Crippen LogP contribution in [0.15, 0.2) is 36.0 Å². The van der Waals surface area contributed by atoms with Crippen molar-refractivity contribution in [1.29, 1.82) is 0 Å². The van der Waals surface area contributed by atoms with Crippen LogP contribution in [0.5, 0.6) is 0 Å². The third kappa shape index (κ3) is 10.9. The van der Waals surface area contributed by atoms with Crippen molar-refractivity contribution in [2.75, 3.05) is 33.3 Å². The van der Waals surface area contributed by atoms with E-state index in [0.29, 0.717) is 45.4 Å². The minimum Gasteiger partial charge on any atom is -0.457 e. The fraction of sp³-hybridized carbons (Fsp3) is 0.765. The van der Waals surface area contributed by atoms with E-state index in [1.54, 1.807) is 43.2 Å². The van der Waals surface area contributed by atoms with Crippen molar-refractivity contribution in [3.8, 4) is 0 Å². The lowest BCUT2D eigenvalue weighted by molar-refractivity contribution is -0.151. The van der Waals surface area contributed by atoms with E-state index in [-0.39, 0.29) is 36.9 Å². The Hall–Kier alpha value is -2.28. The Kier molecular flexibility index (Phi) is 13.6. The molecule has 0 spiro atoms. The number of ether oxygens (including phenoxy) is 4. The van der Waals surface area contributed by atoms with E-state index in [1.807, 2.05) is 40.7 Å². The fourth-order valence-electron chi connectivity index (χ4n) is 6.04. The van der Waals surface area contributed by atoms with Gasteiger partial charge in [0.05, 0.1) is 36.4 Å². The highest BCUT2D eigenvalue weighted by molar-refractivity contribution is 5.70. The zero-order valence-electron chi connectivity index (χ0n) is 28.1. The van der Waals surface area contributed by atoms with Crippen molar-refractivity contribution >= 4 is 12.1 Å². The van der Waals surface area contributed by atoms with Crippen LogP contribution >= 0.6 is 0 Å². The number of piperazine rings is 1. The van der Waals surface area contributed by atoms with Crippen LogP contribution in [0.1, 0.15) is 73.6 Å². The molecule has 4 N–H and O–H groups in total. The summed E-state index contributed by atoms with van der Waals surface area (Å²) in [5, 5.41) is 35.0. The Morgan fingerprint density at radius 3 is 2.64 bits per heavy atom. The van der Waals surface area contributed by atoms with E-state index in [9.17, 15) is 24.9 Å². The number of epoxide rings is 1. The summed E-state index contributed by atoms with van der Waals surface area (Å²) < 4.78 is 23.5. The highest BCUT2D eigenvalue weighted by Gasteiger charge is 2.47. The predicted molar refractivity (Wildman–Crippen MR) is 170 cm³/mol. The standard InChI is InChI=1S/C34H56N2O9/c1-8-26(38)24(4)31-27(43-31)21-33(5,41)14-9-10-22(2)30-23(3)11-12-28(44-32(40)36-18-16-35-17-19-36)34(6,42-7)15-13-25(37)20-29(39)45-30/h9-12,14,23-28,30-31,35,37-38,41H,8,13,15-21H2,1-7H3/b12-11-,14-9+,22-10+. The molecule has 0 aromatic rings. The summed E-state index contributed by atoms with van der Waals surface area (Å²) in [6.07, 6.45) is 6.95. The lowest BCUT2D eigenvalue weighted by atomic mass is 9.88. The van der Waals surface area contributed by atoms with Crippen molar-refractivity contribution < 1.29 is 43.9 Å². The summed E-state index contributed by atoms with van der Waals surface area (Å²) >= 11 is 0. The van der Waals surface area contributed by atoms with Gasteiger partial charge in [-0.2, -0.15) is 0 Å². The second kappa shape index (κ2) is 16.5. The average molecular weight is 637 g/mol. The van der Waals surface area contributed by atoms with Gasteiger partial charge >= 0.3 is 12.1 Å². The van der Waals surface area contributed by atoms with Gasteiger partial charge in [0.2, 0.25) is 0 Å². The van der Waals surface area contributed by atoms with Crippen molar-refractivity contribution in [3.63, 3.8) is 0 Å². The molecule has 0 aliphatic carbocycles. The first kappa shape index (κ1) is 37.2. The summed E-state index contributed by atoms with van der Waals surface area (Å²) in [7, 11) is 1.55. The molecule has 10 unspecified atom stereocenters. The lowest BCUT2D eigenvalue weighted by Gasteiger charge is -2.37. The average Bonchev–Trinajstić information content (AvgIpc) is 3.77. The number of carbonyl (C=O) groups is 2. The first-order valence-corrected chi connectivity index (χ1v) is 16.4. The third-order valence-corrected chi connectivity index (χ3v) is 9.42. The molecule has 45 heavy (non-hydrogen) atoms. The van der Waals surface area contributed by atoms with Gasteiger partial charge < -0.3 is 44.5 Å². The number of aliphatic hydroxyl groups excluding tert-OH is 2. The number of nitrogens with zero attached hydrogens (tertiary/aromatic N) is 1. The molecule has 0 saturated carbocycles. The van der Waals surface area contributed by atoms with Gasteiger partial charge in [0.1, 0.15) is 11.7 Å². The van der Waals surface area contributed by atoms with E-state index in [4.69, 9.17) is 18.9 Å². The quantitative estimate of drug-likeness (QED) is 0.122. The van der Waals surface area contributed by atoms with Gasteiger partial charge in [0, 0.05) is 51.5 Å². The number of esters is 1. The normalized spacial score (nSPS) is 35.4. The highest BCUT2D eigenvalue weighted by Crippen LogP contribution is 2.37. The van der Waals surface area contributed by atoms with Crippen LogP contribution in [0.25, 0.3) is 0 Å². The van der Waals surface area contributed by atoms with Crippen molar-refractivity contribution in [3.05, 3.63) is 36.0 Å². The third-order valence-electron chi connectivity index (χ3n) is 9.42. The minimum absolute atomic E-state index is 0.00213. The predicted octanol–water partition coefficient (Wildman–Crippen LogP) is 3.27. The van der Waals surface area contributed by atoms with Crippen molar-refractivity contribution in [1.82, 2.24) is 10.2 Å². The van der Waals surface area contributed by atoms with Crippen LogP contribution < -0.4 is 5.32 Å². The minimum atomic E-state index is -1.14.